The van der Waals surface area contributed by atoms with Crippen LogP contribution in [0.5, 0.6) is 0 Å². The Labute approximate surface area is 145 Å². The Morgan fingerprint density at radius 2 is 1.67 bits per heavy atom. The fourth-order valence-corrected chi connectivity index (χ4v) is 4.42. The summed E-state index contributed by atoms with van der Waals surface area (Å²) >= 11 is 0. The molecule has 124 valence electrons. The number of rotatable bonds is 3. The largest absolute Gasteiger partial charge is 0.293 e. The Kier molecular flexibility index (Phi) is 4.28. The highest BCUT2D eigenvalue weighted by Gasteiger charge is 2.29. The van der Waals surface area contributed by atoms with E-state index >= 15 is 0 Å². The van der Waals surface area contributed by atoms with E-state index in [2.05, 4.69) is 67.3 Å². The maximum atomic E-state index is 2.73. The van der Waals surface area contributed by atoms with Crippen LogP contribution in [-0.2, 0) is 0 Å². The molecule has 0 aromatic heterocycles. The van der Waals surface area contributed by atoms with Crippen molar-refractivity contribution in [1.82, 2.24) is 4.90 Å². The molecule has 1 fully saturated rings. The molecule has 2 aromatic rings. The first-order valence-corrected chi connectivity index (χ1v) is 9.32. The van der Waals surface area contributed by atoms with Gasteiger partial charge in [-0.15, -0.1) is 0 Å². The summed E-state index contributed by atoms with van der Waals surface area (Å²) in [6.45, 7) is 6.99. The molecular formula is C23H27N. The quantitative estimate of drug-likeness (QED) is 0.676. The Bertz CT molecular complexity index is 806. The predicted octanol–water partition coefficient (Wildman–Crippen LogP) is 5.95. The molecule has 0 radical (unpaired) electrons. The van der Waals surface area contributed by atoms with Gasteiger partial charge in [0, 0.05) is 0 Å². The molecule has 0 N–H and O–H groups in total. The van der Waals surface area contributed by atoms with Gasteiger partial charge in [0.15, 0.2) is 0 Å². The summed E-state index contributed by atoms with van der Waals surface area (Å²) in [6.07, 6.45) is 9.88. The summed E-state index contributed by atoms with van der Waals surface area (Å²) in [6, 6.07) is 13.9. The molecule has 1 atom stereocenters. The zero-order valence-corrected chi connectivity index (χ0v) is 14.9. The van der Waals surface area contributed by atoms with E-state index in [1.165, 1.54) is 59.8 Å². The lowest BCUT2D eigenvalue weighted by Crippen LogP contribution is -2.35. The van der Waals surface area contributed by atoms with Gasteiger partial charge in [-0.3, -0.25) is 4.90 Å². The van der Waals surface area contributed by atoms with Crippen molar-refractivity contribution in [2.24, 2.45) is 0 Å². The first-order valence-electron chi connectivity index (χ1n) is 9.32. The molecule has 1 aliphatic carbocycles. The second kappa shape index (κ2) is 6.57. The number of hydrogen-bond donors (Lipinski definition) is 0. The fraction of sp³-hybridized carbons (Fsp3) is 0.391. The van der Waals surface area contributed by atoms with Crippen LogP contribution < -0.4 is 0 Å². The SMILES string of the molecule is CC1=CC=C(C(c2c(C)ccc3ccccc23)N2CCCCC2)C1. The number of aryl methyl sites for hydroxylation is 1. The van der Waals surface area contributed by atoms with Crippen molar-refractivity contribution in [3.63, 3.8) is 0 Å². The summed E-state index contributed by atoms with van der Waals surface area (Å²) in [7, 11) is 0. The van der Waals surface area contributed by atoms with Crippen molar-refractivity contribution in [3.05, 3.63) is 70.8 Å². The fourth-order valence-electron chi connectivity index (χ4n) is 4.42. The average molecular weight is 317 g/mol. The molecular weight excluding hydrogens is 290 g/mol. The number of piperidine rings is 1. The van der Waals surface area contributed by atoms with Gasteiger partial charge in [0.2, 0.25) is 0 Å². The van der Waals surface area contributed by atoms with E-state index in [9.17, 15) is 0 Å². The van der Waals surface area contributed by atoms with Gasteiger partial charge in [-0.2, -0.15) is 0 Å². The summed E-state index contributed by atoms with van der Waals surface area (Å²) in [5, 5.41) is 2.79. The molecule has 0 saturated carbocycles. The monoisotopic (exact) mass is 317 g/mol. The highest BCUT2D eigenvalue weighted by Crippen LogP contribution is 2.41. The maximum Gasteiger partial charge on any atom is 0.0576 e. The molecule has 0 spiro atoms. The van der Waals surface area contributed by atoms with E-state index in [4.69, 9.17) is 0 Å². The predicted molar refractivity (Wildman–Crippen MR) is 103 cm³/mol. The van der Waals surface area contributed by atoms with Crippen LogP contribution in [-0.4, -0.2) is 18.0 Å². The smallest absolute Gasteiger partial charge is 0.0576 e. The lowest BCUT2D eigenvalue weighted by molar-refractivity contribution is 0.184. The van der Waals surface area contributed by atoms with Crippen LogP contribution in [0.3, 0.4) is 0 Å². The van der Waals surface area contributed by atoms with Gasteiger partial charge in [0.25, 0.3) is 0 Å². The Morgan fingerprint density at radius 3 is 2.42 bits per heavy atom. The number of hydrogen-bond acceptors (Lipinski definition) is 1. The first-order chi connectivity index (χ1) is 11.7. The van der Waals surface area contributed by atoms with E-state index in [1.807, 2.05) is 0 Å². The molecule has 24 heavy (non-hydrogen) atoms. The molecule has 0 bridgehead atoms. The lowest BCUT2D eigenvalue weighted by Gasteiger charge is -2.37. The normalized spacial score (nSPS) is 20.1. The van der Waals surface area contributed by atoms with Crippen molar-refractivity contribution in [3.8, 4) is 0 Å². The number of allylic oxidation sites excluding steroid dienone is 3. The molecule has 4 rings (SSSR count). The molecule has 1 aliphatic heterocycles. The lowest BCUT2D eigenvalue weighted by atomic mass is 9.87. The number of likely N-dealkylation sites (tertiary alicyclic amines) is 1. The number of benzene rings is 2. The van der Waals surface area contributed by atoms with Crippen LogP contribution in [0.15, 0.2) is 59.7 Å². The second-order valence-electron chi connectivity index (χ2n) is 7.45. The van der Waals surface area contributed by atoms with Crippen LogP contribution in [0.4, 0.5) is 0 Å². The minimum absolute atomic E-state index is 0.435. The zero-order valence-electron chi connectivity index (χ0n) is 14.9. The topological polar surface area (TPSA) is 3.24 Å². The van der Waals surface area contributed by atoms with Gasteiger partial charge in [0.05, 0.1) is 6.04 Å². The van der Waals surface area contributed by atoms with Crippen molar-refractivity contribution in [2.45, 2.75) is 45.6 Å². The number of nitrogens with zero attached hydrogens (tertiary/aromatic N) is 1. The average Bonchev–Trinajstić information content (AvgIpc) is 3.04. The molecule has 1 saturated heterocycles. The summed E-state index contributed by atoms with van der Waals surface area (Å²) in [4.78, 5) is 2.73. The van der Waals surface area contributed by atoms with E-state index < -0.39 is 0 Å². The first kappa shape index (κ1) is 15.7. The van der Waals surface area contributed by atoms with Gasteiger partial charge in [-0.25, -0.2) is 0 Å². The van der Waals surface area contributed by atoms with Gasteiger partial charge in [-0.1, -0.05) is 60.5 Å². The van der Waals surface area contributed by atoms with Gasteiger partial charge in [-0.05, 0) is 73.7 Å². The van der Waals surface area contributed by atoms with E-state index in [1.54, 1.807) is 5.57 Å². The van der Waals surface area contributed by atoms with Crippen LogP contribution in [0.2, 0.25) is 0 Å². The molecule has 2 aromatic carbocycles. The summed E-state index contributed by atoms with van der Waals surface area (Å²) in [5.41, 5.74) is 6.03. The Morgan fingerprint density at radius 1 is 0.875 bits per heavy atom. The summed E-state index contributed by atoms with van der Waals surface area (Å²) in [5.74, 6) is 0. The third-order valence-electron chi connectivity index (χ3n) is 5.63. The highest BCUT2D eigenvalue weighted by atomic mass is 15.2. The minimum atomic E-state index is 0.435. The van der Waals surface area contributed by atoms with Crippen molar-refractivity contribution >= 4 is 10.8 Å². The second-order valence-corrected chi connectivity index (χ2v) is 7.45. The maximum absolute atomic E-state index is 2.73. The van der Waals surface area contributed by atoms with Crippen LogP contribution >= 0.6 is 0 Å². The van der Waals surface area contributed by atoms with Crippen LogP contribution in [0.25, 0.3) is 10.8 Å². The summed E-state index contributed by atoms with van der Waals surface area (Å²) < 4.78 is 0. The molecule has 2 aliphatic rings. The zero-order chi connectivity index (χ0) is 16.5. The van der Waals surface area contributed by atoms with E-state index in [0.29, 0.717) is 6.04 Å². The number of fused-ring (bicyclic) bond motifs is 1. The molecule has 1 heteroatoms. The third-order valence-corrected chi connectivity index (χ3v) is 5.63. The van der Waals surface area contributed by atoms with Gasteiger partial charge < -0.3 is 0 Å². The van der Waals surface area contributed by atoms with Crippen molar-refractivity contribution < 1.29 is 0 Å². The molecule has 0 amide bonds. The minimum Gasteiger partial charge on any atom is -0.293 e. The van der Waals surface area contributed by atoms with Crippen LogP contribution in [0.1, 0.15) is 49.8 Å². The Hall–Kier alpha value is -1.86. The van der Waals surface area contributed by atoms with E-state index in [-0.39, 0.29) is 0 Å². The van der Waals surface area contributed by atoms with E-state index in [0.717, 1.165) is 6.42 Å². The standard InChI is InChI=1S/C23H27N/c1-17-10-12-20(16-17)23(24-14-6-3-7-15-24)22-18(2)11-13-19-8-4-5-9-21(19)22/h4-5,8-13,23H,3,6-7,14-16H2,1-2H3. The van der Waals surface area contributed by atoms with Gasteiger partial charge in [0.1, 0.15) is 0 Å². The van der Waals surface area contributed by atoms with Gasteiger partial charge >= 0.3 is 0 Å². The van der Waals surface area contributed by atoms with Crippen molar-refractivity contribution in [2.75, 3.05) is 13.1 Å². The Balaban J connectivity index is 1.86. The molecule has 1 nitrogen and oxygen atoms in total. The highest BCUT2D eigenvalue weighted by molar-refractivity contribution is 5.87. The molecule has 1 unspecified atom stereocenters. The third kappa shape index (κ3) is 2.82. The van der Waals surface area contributed by atoms with Crippen LogP contribution in [0, 0.1) is 6.92 Å². The molecule has 1 heterocycles. The van der Waals surface area contributed by atoms with Crippen molar-refractivity contribution in [1.29, 1.82) is 0 Å².